The first-order valence-electron chi connectivity index (χ1n) is 6.82. The van der Waals surface area contributed by atoms with E-state index in [1.807, 2.05) is 57.2 Å². The molecule has 2 rings (SSSR count). The van der Waals surface area contributed by atoms with Gasteiger partial charge in [-0.05, 0) is 61.7 Å². The van der Waals surface area contributed by atoms with Gasteiger partial charge in [0.15, 0.2) is 6.61 Å². The molecule has 4 nitrogen and oxygen atoms in total. The van der Waals surface area contributed by atoms with Gasteiger partial charge in [0.05, 0.1) is 0 Å². The number of ether oxygens (including phenoxy) is 1. The van der Waals surface area contributed by atoms with E-state index in [-0.39, 0.29) is 12.5 Å². The van der Waals surface area contributed by atoms with Gasteiger partial charge >= 0.3 is 0 Å². The van der Waals surface area contributed by atoms with E-state index in [9.17, 15) is 4.79 Å². The molecule has 21 heavy (non-hydrogen) atoms. The van der Waals surface area contributed by atoms with Crippen LogP contribution in [0, 0.1) is 20.8 Å². The zero-order valence-electron chi connectivity index (χ0n) is 12.6. The lowest BCUT2D eigenvalue weighted by Gasteiger charge is -2.13. The third kappa shape index (κ3) is 3.99. The fraction of sp³-hybridized carbons (Fsp3) is 0.235. The molecule has 0 aromatic heterocycles. The molecule has 3 N–H and O–H groups in total. The van der Waals surface area contributed by atoms with Crippen LogP contribution in [0.1, 0.15) is 16.7 Å². The van der Waals surface area contributed by atoms with Gasteiger partial charge < -0.3 is 15.8 Å². The van der Waals surface area contributed by atoms with E-state index in [0.29, 0.717) is 11.4 Å². The van der Waals surface area contributed by atoms with Gasteiger partial charge in [-0.3, -0.25) is 4.79 Å². The van der Waals surface area contributed by atoms with Crippen LogP contribution in [0.25, 0.3) is 0 Å². The lowest BCUT2D eigenvalue weighted by atomic mass is 10.1. The van der Waals surface area contributed by atoms with Crippen LogP contribution in [0.4, 0.5) is 11.4 Å². The van der Waals surface area contributed by atoms with Gasteiger partial charge in [0, 0.05) is 11.4 Å². The van der Waals surface area contributed by atoms with E-state index >= 15 is 0 Å². The van der Waals surface area contributed by atoms with Crippen molar-refractivity contribution in [2.24, 2.45) is 0 Å². The summed E-state index contributed by atoms with van der Waals surface area (Å²) in [6.07, 6.45) is 0. The first-order valence-corrected chi connectivity index (χ1v) is 6.82. The topological polar surface area (TPSA) is 64.3 Å². The van der Waals surface area contributed by atoms with Crippen LogP contribution in [-0.2, 0) is 4.79 Å². The number of carbonyl (C=O) groups excluding carboxylic acids is 1. The second kappa shape index (κ2) is 6.31. The minimum absolute atomic E-state index is 0.0211. The Bertz CT molecular complexity index is 643. The quantitative estimate of drug-likeness (QED) is 0.847. The van der Waals surface area contributed by atoms with Crippen molar-refractivity contribution in [3.63, 3.8) is 0 Å². The van der Waals surface area contributed by atoms with Crippen LogP contribution in [0.5, 0.6) is 5.75 Å². The van der Waals surface area contributed by atoms with Crippen molar-refractivity contribution in [3.8, 4) is 5.75 Å². The van der Waals surface area contributed by atoms with Crippen LogP contribution in [0.2, 0.25) is 0 Å². The normalized spacial score (nSPS) is 10.2. The van der Waals surface area contributed by atoms with Crippen LogP contribution < -0.4 is 15.8 Å². The molecule has 0 saturated heterocycles. The van der Waals surface area contributed by atoms with Gasteiger partial charge in [-0.1, -0.05) is 12.1 Å². The molecule has 0 bridgehead atoms. The number of rotatable bonds is 4. The molecular weight excluding hydrogens is 264 g/mol. The minimum Gasteiger partial charge on any atom is -0.484 e. The highest BCUT2D eigenvalue weighted by atomic mass is 16.5. The van der Waals surface area contributed by atoms with Crippen molar-refractivity contribution in [1.82, 2.24) is 0 Å². The summed E-state index contributed by atoms with van der Waals surface area (Å²) < 4.78 is 5.49. The summed E-state index contributed by atoms with van der Waals surface area (Å²) in [6, 6.07) is 11.3. The van der Waals surface area contributed by atoms with E-state index in [0.717, 1.165) is 22.4 Å². The van der Waals surface area contributed by atoms with E-state index in [1.54, 1.807) is 0 Å². The number of nitrogens with two attached hydrogens (primary N) is 1. The number of anilines is 2. The Morgan fingerprint density at radius 3 is 2.43 bits per heavy atom. The highest BCUT2D eigenvalue weighted by Gasteiger charge is 2.09. The molecule has 1 amide bonds. The van der Waals surface area contributed by atoms with E-state index < -0.39 is 0 Å². The third-order valence-electron chi connectivity index (χ3n) is 3.18. The van der Waals surface area contributed by atoms with Crippen LogP contribution in [0.3, 0.4) is 0 Å². The van der Waals surface area contributed by atoms with Crippen molar-refractivity contribution in [2.75, 3.05) is 17.7 Å². The van der Waals surface area contributed by atoms with Gasteiger partial charge in [-0.25, -0.2) is 0 Å². The van der Waals surface area contributed by atoms with E-state index in [2.05, 4.69) is 5.32 Å². The van der Waals surface area contributed by atoms with Crippen molar-refractivity contribution >= 4 is 17.3 Å². The molecule has 0 atom stereocenters. The molecule has 0 aliphatic rings. The molecule has 2 aromatic carbocycles. The van der Waals surface area contributed by atoms with Crippen LogP contribution >= 0.6 is 0 Å². The molecule has 0 fully saturated rings. The smallest absolute Gasteiger partial charge is 0.262 e. The summed E-state index contributed by atoms with van der Waals surface area (Å²) >= 11 is 0. The zero-order valence-corrected chi connectivity index (χ0v) is 12.6. The predicted molar refractivity (Wildman–Crippen MR) is 85.6 cm³/mol. The van der Waals surface area contributed by atoms with Crippen molar-refractivity contribution in [1.29, 1.82) is 0 Å². The number of benzene rings is 2. The van der Waals surface area contributed by atoms with Gasteiger partial charge in [-0.15, -0.1) is 0 Å². The van der Waals surface area contributed by atoms with Gasteiger partial charge in [0.25, 0.3) is 5.91 Å². The number of hydrogen-bond donors (Lipinski definition) is 2. The number of hydrogen-bond acceptors (Lipinski definition) is 3. The fourth-order valence-electron chi connectivity index (χ4n) is 2.22. The number of nitrogens with one attached hydrogen (secondary N) is 1. The van der Waals surface area contributed by atoms with Crippen LogP contribution in [0.15, 0.2) is 36.4 Å². The molecular formula is C17H20N2O2. The van der Waals surface area contributed by atoms with Crippen molar-refractivity contribution in [3.05, 3.63) is 53.1 Å². The first-order chi connectivity index (χ1) is 9.95. The van der Waals surface area contributed by atoms with E-state index in [4.69, 9.17) is 10.5 Å². The zero-order chi connectivity index (χ0) is 15.4. The van der Waals surface area contributed by atoms with Gasteiger partial charge in [-0.2, -0.15) is 0 Å². The Morgan fingerprint density at radius 2 is 1.81 bits per heavy atom. The summed E-state index contributed by atoms with van der Waals surface area (Å²) in [6.45, 7) is 5.79. The summed E-state index contributed by atoms with van der Waals surface area (Å²) in [5.41, 5.74) is 10.2. The lowest BCUT2D eigenvalue weighted by molar-refractivity contribution is -0.118. The number of nitrogen functional groups attached to an aromatic ring is 1. The Labute approximate surface area is 124 Å². The molecule has 4 heteroatoms. The summed E-state index contributed by atoms with van der Waals surface area (Å²) in [4.78, 5) is 12.0. The largest absolute Gasteiger partial charge is 0.484 e. The monoisotopic (exact) mass is 284 g/mol. The second-order valence-electron chi connectivity index (χ2n) is 5.18. The predicted octanol–water partition coefficient (Wildman–Crippen LogP) is 3.21. The molecule has 0 aliphatic carbocycles. The lowest BCUT2D eigenvalue weighted by Crippen LogP contribution is -2.21. The Kier molecular flexibility index (Phi) is 4.48. The second-order valence-corrected chi connectivity index (χ2v) is 5.18. The molecule has 110 valence electrons. The molecule has 0 spiro atoms. The highest BCUT2D eigenvalue weighted by Crippen LogP contribution is 2.23. The van der Waals surface area contributed by atoms with Gasteiger partial charge in [0.2, 0.25) is 0 Å². The Balaban J connectivity index is 1.99. The standard InChI is InChI=1S/C17H20N2O2/c1-11-5-4-6-15(7-11)21-10-16(20)19-17-12(2)8-14(18)9-13(17)3/h4-9H,10,18H2,1-3H3,(H,19,20). The maximum absolute atomic E-state index is 12.0. The first kappa shape index (κ1) is 14.9. The number of aryl methyl sites for hydroxylation is 3. The average Bonchev–Trinajstić information content (AvgIpc) is 2.40. The van der Waals surface area contributed by atoms with Crippen LogP contribution in [-0.4, -0.2) is 12.5 Å². The minimum atomic E-state index is -0.188. The van der Waals surface area contributed by atoms with Gasteiger partial charge in [0.1, 0.15) is 5.75 Å². The summed E-state index contributed by atoms with van der Waals surface area (Å²) in [7, 11) is 0. The molecule has 0 heterocycles. The highest BCUT2D eigenvalue weighted by molar-refractivity contribution is 5.93. The van der Waals surface area contributed by atoms with E-state index in [1.165, 1.54) is 0 Å². The Hall–Kier alpha value is -2.49. The molecule has 0 unspecified atom stereocenters. The number of amides is 1. The van der Waals surface area contributed by atoms with Crippen molar-refractivity contribution in [2.45, 2.75) is 20.8 Å². The summed E-state index contributed by atoms with van der Waals surface area (Å²) in [5, 5.41) is 2.87. The molecule has 0 saturated carbocycles. The van der Waals surface area contributed by atoms with Crippen molar-refractivity contribution < 1.29 is 9.53 Å². The third-order valence-corrected chi connectivity index (χ3v) is 3.18. The molecule has 2 aromatic rings. The molecule has 0 aliphatic heterocycles. The number of carbonyl (C=O) groups is 1. The fourth-order valence-corrected chi connectivity index (χ4v) is 2.22. The average molecular weight is 284 g/mol. The summed E-state index contributed by atoms with van der Waals surface area (Å²) in [5.74, 6) is 0.503. The SMILES string of the molecule is Cc1cccc(OCC(=O)Nc2c(C)cc(N)cc2C)c1. The molecule has 0 radical (unpaired) electrons. The Morgan fingerprint density at radius 1 is 1.14 bits per heavy atom. The maximum atomic E-state index is 12.0. The maximum Gasteiger partial charge on any atom is 0.262 e.